The molecule has 0 unspecified atom stereocenters. The molecule has 11 heteroatoms. The molecule has 5 nitrogen and oxygen atoms in total. The molecule has 2 aliphatic rings. The number of likely N-dealkylation sites (tertiary alicyclic amines) is 1. The number of piperidine rings is 1. The first-order chi connectivity index (χ1) is 18.2. The van der Waals surface area contributed by atoms with E-state index in [4.69, 9.17) is 9.47 Å². The van der Waals surface area contributed by atoms with Gasteiger partial charge in [0.05, 0.1) is 22.6 Å². The number of amides is 1. The van der Waals surface area contributed by atoms with Crippen molar-refractivity contribution in [2.24, 2.45) is 11.3 Å². The van der Waals surface area contributed by atoms with E-state index in [1.165, 1.54) is 6.92 Å². The van der Waals surface area contributed by atoms with Crippen molar-refractivity contribution in [1.82, 2.24) is 10.2 Å². The highest BCUT2D eigenvalue weighted by molar-refractivity contribution is 5.83. The van der Waals surface area contributed by atoms with Crippen LogP contribution in [0.1, 0.15) is 68.3 Å². The Labute approximate surface area is 223 Å². The molecule has 2 aliphatic heterocycles. The smallest absolute Gasteiger partial charge is 0.416 e. The highest BCUT2D eigenvalue weighted by Gasteiger charge is 2.43. The van der Waals surface area contributed by atoms with Crippen molar-refractivity contribution < 1.29 is 40.6 Å². The van der Waals surface area contributed by atoms with Gasteiger partial charge in [-0.15, -0.1) is 0 Å². The Bertz CT molecular complexity index is 1150. The van der Waals surface area contributed by atoms with E-state index in [0.29, 0.717) is 62.5 Å². The monoisotopic (exact) mass is 558 g/mol. The summed E-state index contributed by atoms with van der Waals surface area (Å²) in [4.78, 5) is 15.8. The lowest BCUT2D eigenvalue weighted by Crippen LogP contribution is -2.49. The van der Waals surface area contributed by atoms with Crippen LogP contribution in [0.5, 0.6) is 11.5 Å². The highest BCUT2D eigenvalue weighted by atomic mass is 19.4. The number of carbonyl (C=O) groups is 1. The fourth-order valence-electron chi connectivity index (χ4n) is 5.40. The maximum Gasteiger partial charge on any atom is 0.416 e. The molecule has 0 spiro atoms. The molecule has 1 fully saturated rings. The quantitative estimate of drug-likeness (QED) is 0.374. The van der Waals surface area contributed by atoms with E-state index in [-0.39, 0.29) is 30.2 Å². The van der Waals surface area contributed by atoms with Crippen LogP contribution in [0.15, 0.2) is 36.4 Å². The maximum absolute atomic E-state index is 13.6. The third-order valence-corrected chi connectivity index (χ3v) is 7.39. The number of fused-ring (bicyclic) bond motifs is 1. The van der Waals surface area contributed by atoms with Crippen molar-refractivity contribution in [2.75, 3.05) is 19.9 Å². The number of hydrogen-bond acceptors (Lipinski definition) is 4. The molecule has 0 radical (unpaired) electrons. The molecule has 0 saturated carbocycles. The van der Waals surface area contributed by atoms with Crippen molar-refractivity contribution in [3.8, 4) is 11.5 Å². The van der Waals surface area contributed by atoms with E-state index in [2.05, 4.69) is 10.2 Å². The zero-order chi connectivity index (χ0) is 28.6. The van der Waals surface area contributed by atoms with Crippen LogP contribution in [0.3, 0.4) is 0 Å². The van der Waals surface area contributed by atoms with E-state index in [0.717, 1.165) is 5.56 Å². The van der Waals surface area contributed by atoms with Crippen molar-refractivity contribution in [1.29, 1.82) is 0 Å². The molecule has 1 amide bonds. The first-order valence-electron chi connectivity index (χ1n) is 12.9. The number of carbonyl (C=O) groups excluding carboxylic acids is 1. The predicted molar refractivity (Wildman–Crippen MR) is 132 cm³/mol. The van der Waals surface area contributed by atoms with E-state index in [9.17, 15) is 31.1 Å². The zero-order valence-electron chi connectivity index (χ0n) is 22.0. The van der Waals surface area contributed by atoms with Gasteiger partial charge in [0.15, 0.2) is 11.5 Å². The summed E-state index contributed by atoms with van der Waals surface area (Å²) in [7, 11) is 0. The average molecular weight is 559 g/mol. The molecular weight excluding hydrogens is 526 g/mol. The largest absolute Gasteiger partial charge is 0.454 e. The third kappa shape index (κ3) is 6.80. The molecule has 39 heavy (non-hydrogen) atoms. The second-order valence-electron chi connectivity index (χ2n) is 10.9. The molecule has 1 N–H and O–H groups in total. The van der Waals surface area contributed by atoms with Gasteiger partial charge >= 0.3 is 12.4 Å². The summed E-state index contributed by atoms with van der Waals surface area (Å²) in [6.07, 6.45) is -8.32. The van der Waals surface area contributed by atoms with Crippen LogP contribution in [-0.4, -0.2) is 30.7 Å². The topological polar surface area (TPSA) is 50.8 Å². The number of ether oxygens (including phenoxy) is 2. The molecule has 0 bridgehead atoms. The van der Waals surface area contributed by atoms with Crippen LogP contribution < -0.4 is 14.8 Å². The summed E-state index contributed by atoms with van der Waals surface area (Å²) in [5.74, 6) is 1.20. The maximum atomic E-state index is 13.6. The minimum absolute atomic E-state index is 0.0914. The van der Waals surface area contributed by atoms with Crippen LogP contribution >= 0.6 is 0 Å². The molecule has 2 heterocycles. The fraction of sp³-hybridized carbons (Fsp3) is 0.536. The lowest BCUT2D eigenvalue weighted by atomic mass is 9.71. The second-order valence-corrected chi connectivity index (χ2v) is 10.9. The number of halogens is 6. The van der Waals surface area contributed by atoms with Gasteiger partial charge in [-0.2, -0.15) is 26.3 Å². The minimum Gasteiger partial charge on any atom is -0.454 e. The van der Waals surface area contributed by atoms with Gasteiger partial charge in [0, 0.05) is 6.54 Å². The summed E-state index contributed by atoms with van der Waals surface area (Å²) in [5.41, 5.74) is -2.78. The zero-order valence-corrected chi connectivity index (χ0v) is 22.0. The number of alkyl halides is 6. The Morgan fingerprint density at radius 1 is 0.923 bits per heavy atom. The van der Waals surface area contributed by atoms with Gasteiger partial charge in [0.1, 0.15) is 0 Å². The fourth-order valence-corrected chi connectivity index (χ4v) is 5.40. The predicted octanol–water partition coefficient (Wildman–Crippen LogP) is 6.96. The first kappa shape index (κ1) is 29.0. The number of rotatable bonds is 7. The van der Waals surface area contributed by atoms with Gasteiger partial charge in [0.25, 0.3) is 0 Å². The SMILES string of the molecule is CC(C)CC1(C(=O)N[C@@H](C)c2cc(C(F)(F)F)cc(C(F)(F)F)c2)CCN(Cc2ccc3c(c2)OCO3)CC1. The van der Waals surface area contributed by atoms with Gasteiger partial charge in [-0.05, 0) is 86.7 Å². The lowest BCUT2D eigenvalue weighted by molar-refractivity contribution is -0.143. The summed E-state index contributed by atoms with van der Waals surface area (Å²) in [6, 6.07) is 6.13. The number of nitrogens with one attached hydrogen (secondary N) is 1. The summed E-state index contributed by atoms with van der Waals surface area (Å²) >= 11 is 0. The Kier molecular flexibility index (Phi) is 8.12. The summed E-state index contributed by atoms with van der Waals surface area (Å²) < 4.78 is 90.9. The van der Waals surface area contributed by atoms with Crippen LogP contribution in [0.4, 0.5) is 26.3 Å². The Morgan fingerprint density at radius 2 is 1.51 bits per heavy atom. The normalized spacial score (nSPS) is 18.3. The van der Waals surface area contributed by atoms with Crippen LogP contribution in [0.2, 0.25) is 0 Å². The standard InChI is InChI=1S/C28H32F6N2O3/c1-17(2)14-26(6-8-36(9-7-26)15-19-4-5-23-24(10-19)39-16-38-23)25(37)35-18(3)20-11-21(27(29,30)31)13-22(12-20)28(32,33)34/h4-5,10-13,17-18H,6-9,14-16H2,1-3H3,(H,35,37)/t18-/m0/s1. The minimum atomic E-state index is -4.95. The molecule has 4 rings (SSSR count). The Hall–Kier alpha value is -2.95. The second kappa shape index (κ2) is 10.9. The van der Waals surface area contributed by atoms with Crippen molar-refractivity contribution >= 4 is 5.91 Å². The number of nitrogens with zero attached hydrogens (tertiary/aromatic N) is 1. The first-order valence-corrected chi connectivity index (χ1v) is 12.9. The summed E-state index contributed by atoms with van der Waals surface area (Å²) in [5, 5.41) is 2.74. The third-order valence-electron chi connectivity index (χ3n) is 7.39. The molecule has 2 aromatic rings. The Balaban J connectivity index is 1.48. The average Bonchev–Trinajstić information content (AvgIpc) is 3.31. The van der Waals surface area contributed by atoms with Crippen LogP contribution in [-0.2, 0) is 23.7 Å². The van der Waals surface area contributed by atoms with Crippen molar-refractivity contribution in [3.63, 3.8) is 0 Å². The molecule has 0 aliphatic carbocycles. The van der Waals surface area contributed by atoms with Crippen LogP contribution in [0, 0.1) is 11.3 Å². The van der Waals surface area contributed by atoms with Crippen LogP contribution in [0.25, 0.3) is 0 Å². The van der Waals surface area contributed by atoms with Gasteiger partial charge in [-0.1, -0.05) is 19.9 Å². The van der Waals surface area contributed by atoms with E-state index >= 15 is 0 Å². The van der Waals surface area contributed by atoms with Gasteiger partial charge in [-0.3, -0.25) is 9.69 Å². The Morgan fingerprint density at radius 3 is 2.08 bits per heavy atom. The van der Waals surface area contributed by atoms with E-state index in [1.54, 1.807) is 0 Å². The highest BCUT2D eigenvalue weighted by Crippen LogP contribution is 2.41. The number of hydrogen-bond donors (Lipinski definition) is 1. The molecular formula is C28H32F6N2O3. The molecule has 2 aromatic carbocycles. The van der Waals surface area contributed by atoms with Gasteiger partial charge in [-0.25, -0.2) is 0 Å². The number of benzene rings is 2. The van der Waals surface area contributed by atoms with Crippen molar-refractivity contribution in [2.45, 2.75) is 65.0 Å². The molecule has 0 aromatic heterocycles. The van der Waals surface area contributed by atoms with Crippen molar-refractivity contribution in [3.05, 3.63) is 58.7 Å². The van der Waals surface area contributed by atoms with E-state index in [1.807, 2.05) is 32.0 Å². The lowest BCUT2D eigenvalue weighted by Gasteiger charge is -2.42. The molecule has 1 saturated heterocycles. The van der Waals surface area contributed by atoms with Gasteiger partial charge < -0.3 is 14.8 Å². The molecule has 1 atom stereocenters. The van der Waals surface area contributed by atoms with Gasteiger partial charge in [0.2, 0.25) is 12.7 Å². The summed E-state index contributed by atoms with van der Waals surface area (Å²) in [6.45, 7) is 7.45. The van der Waals surface area contributed by atoms with E-state index < -0.39 is 34.9 Å². The molecule has 214 valence electrons.